The van der Waals surface area contributed by atoms with E-state index in [1.54, 1.807) is 0 Å². The van der Waals surface area contributed by atoms with E-state index in [1.807, 2.05) is 6.08 Å². The van der Waals surface area contributed by atoms with Gasteiger partial charge in [0.1, 0.15) is 12.1 Å². The molecule has 0 radical (unpaired) electrons. The van der Waals surface area contributed by atoms with Crippen molar-refractivity contribution in [3.63, 3.8) is 0 Å². The number of aliphatic carboxylic acids is 1. The zero-order valence-electron chi connectivity index (χ0n) is 31.8. The highest BCUT2D eigenvalue weighted by atomic mass is 16.5. The number of carbonyl (C=O) groups excluding carboxylic acids is 3. The first-order valence-corrected chi connectivity index (χ1v) is 19.7. The Morgan fingerprint density at radius 3 is 1.80 bits per heavy atom. The molecule has 0 rings (SSSR count). The molecule has 0 saturated carbocycles. The average molecular weight is 715 g/mol. The third-order valence-corrected chi connectivity index (χ3v) is 8.23. The van der Waals surface area contributed by atoms with Crippen molar-refractivity contribution in [2.45, 2.75) is 167 Å². The van der Waals surface area contributed by atoms with Gasteiger partial charge < -0.3 is 25.6 Å². The van der Waals surface area contributed by atoms with Crippen LogP contribution < -0.4 is 10.6 Å². The van der Waals surface area contributed by atoms with Gasteiger partial charge in [-0.05, 0) is 83.1 Å². The number of allylic oxidation sites excluding steroid dienone is 9. The normalized spacial score (nSPS) is 13.2. The quantitative estimate of drug-likeness (QED) is 0.0296. The minimum Gasteiger partial charge on any atom is -0.480 e. The molecule has 9 heteroatoms. The first kappa shape index (κ1) is 47.5. The van der Waals surface area contributed by atoms with Gasteiger partial charge in [-0.1, -0.05) is 120 Å². The lowest BCUT2D eigenvalue weighted by Gasteiger charge is -2.15. The summed E-state index contributed by atoms with van der Waals surface area (Å²) in [4.78, 5) is 47.3. The summed E-state index contributed by atoms with van der Waals surface area (Å²) in [5, 5.41) is 22.5. The Hall–Kier alpha value is -3.46. The monoisotopic (exact) mass is 715 g/mol. The average Bonchev–Trinajstić information content (AvgIpc) is 3.11. The zero-order chi connectivity index (χ0) is 37.6. The van der Waals surface area contributed by atoms with Gasteiger partial charge in [-0.2, -0.15) is 0 Å². The minimum absolute atomic E-state index is 0.132. The highest BCUT2D eigenvalue weighted by molar-refractivity contribution is 5.87. The van der Waals surface area contributed by atoms with Crippen molar-refractivity contribution in [2.24, 2.45) is 0 Å². The number of nitrogens with one attached hydrogen (secondary N) is 2. The maximum atomic E-state index is 12.6. The van der Waals surface area contributed by atoms with Crippen molar-refractivity contribution in [3.8, 4) is 0 Å². The summed E-state index contributed by atoms with van der Waals surface area (Å²) in [6.07, 6.45) is 42.8. The smallest absolute Gasteiger partial charge is 0.328 e. The number of ether oxygens (including phenoxy) is 1. The van der Waals surface area contributed by atoms with E-state index in [0.29, 0.717) is 12.8 Å². The number of carboxylic acids is 1. The molecule has 0 aliphatic heterocycles. The number of unbranched alkanes of at least 4 members (excludes halogenated alkanes) is 12. The van der Waals surface area contributed by atoms with E-state index in [2.05, 4.69) is 79.2 Å². The molecule has 4 N–H and O–H groups in total. The topological polar surface area (TPSA) is 142 Å². The molecule has 2 atom stereocenters. The maximum absolute atomic E-state index is 12.6. The van der Waals surface area contributed by atoms with Gasteiger partial charge in [0.05, 0.1) is 13.2 Å². The van der Waals surface area contributed by atoms with E-state index in [0.717, 1.165) is 96.3 Å². The van der Waals surface area contributed by atoms with Crippen molar-refractivity contribution in [1.82, 2.24) is 10.6 Å². The summed E-state index contributed by atoms with van der Waals surface area (Å²) >= 11 is 0. The standard InChI is InChI=1S/C42H70N2O7/c1-3-5-7-9-10-11-12-13-14-15-16-17-18-19-20-21-22-24-30-34-41(48)51-37(31-27-23-8-6-4-2)32-28-25-26-29-33-39(46)43-35-40(47)44-38(36-45)42(49)50/h5,7,10-11,13-14,16-17,27,31,37-38,45H,3-4,6,8-9,12,15,18-26,28-30,32-36H2,1-2H3,(H,43,46)(H,44,47)(H,49,50)/b7-5-,11-10-,14-13-,17-16-,31-27-. The zero-order valence-corrected chi connectivity index (χ0v) is 31.8. The molecule has 0 bridgehead atoms. The lowest BCUT2D eigenvalue weighted by Crippen LogP contribution is -2.47. The fourth-order valence-electron chi connectivity index (χ4n) is 5.20. The second-order valence-corrected chi connectivity index (χ2v) is 13.0. The number of carboxylic acid groups (broad SMARTS) is 1. The predicted molar refractivity (Wildman–Crippen MR) is 208 cm³/mol. The molecule has 0 saturated heterocycles. The largest absolute Gasteiger partial charge is 0.480 e. The molecular formula is C42H70N2O7. The Morgan fingerprint density at radius 1 is 0.627 bits per heavy atom. The van der Waals surface area contributed by atoms with Gasteiger partial charge >= 0.3 is 11.9 Å². The number of aliphatic hydroxyl groups is 1. The molecule has 0 aromatic heterocycles. The maximum Gasteiger partial charge on any atom is 0.328 e. The molecule has 9 nitrogen and oxygen atoms in total. The Morgan fingerprint density at radius 2 is 1.18 bits per heavy atom. The molecule has 0 spiro atoms. The summed E-state index contributed by atoms with van der Waals surface area (Å²) in [7, 11) is 0. The van der Waals surface area contributed by atoms with Crippen LogP contribution in [0.1, 0.15) is 155 Å². The van der Waals surface area contributed by atoms with Crippen molar-refractivity contribution in [3.05, 3.63) is 60.8 Å². The fraction of sp³-hybridized carbons (Fsp3) is 0.667. The number of hydrogen-bond acceptors (Lipinski definition) is 6. The van der Waals surface area contributed by atoms with Gasteiger partial charge in [0.15, 0.2) is 0 Å². The second-order valence-electron chi connectivity index (χ2n) is 13.0. The number of hydrogen-bond donors (Lipinski definition) is 4. The van der Waals surface area contributed by atoms with Crippen LogP contribution in [0.25, 0.3) is 0 Å². The first-order chi connectivity index (χ1) is 24.8. The SMILES string of the molecule is CC/C=C\C/C=C\C/C=C\C/C=C\CCCCCCCCC(=O)OC(/C=C\CCCCC)CCCCCCC(=O)NCC(=O)NC(CO)C(=O)O. The van der Waals surface area contributed by atoms with E-state index < -0.39 is 24.5 Å². The Labute approximate surface area is 309 Å². The van der Waals surface area contributed by atoms with Crippen LogP contribution in [0.2, 0.25) is 0 Å². The predicted octanol–water partition coefficient (Wildman–Crippen LogP) is 8.98. The Bertz CT molecular complexity index is 1050. The first-order valence-electron chi connectivity index (χ1n) is 19.7. The third-order valence-electron chi connectivity index (χ3n) is 8.23. The molecule has 0 heterocycles. The Kier molecular flexibility index (Phi) is 33.9. The summed E-state index contributed by atoms with van der Waals surface area (Å²) in [6.45, 7) is 3.26. The van der Waals surface area contributed by atoms with Gasteiger partial charge in [0.2, 0.25) is 11.8 Å². The number of aliphatic hydroxyl groups excluding tert-OH is 1. The van der Waals surface area contributed by atoms with Gasteiger partial charge in [-0.25, -0.2) is 4.79 Å². The number of esters is 1. The molecule has 0 aliphatic carbocycles. The van der Waals surface area contributed by atoms with Crippen LogP contribution >= 0.6 is 0 Å². The molecule has 0 aliphatic rings. The minimum atomic E-state index is -1.39. The summed E-state index contributed by atoms with van der Waals surface area (Å²) in [6, 6.07) is -1.39. The van der Waals surface area contributed by atoms with Crippen molar-refractivity contribution >= 4 is 23.8 Å². The Balaban J connectivity index is 4.13. The highest BCUT2D eigenvalue weighted by Crippen LogP contribution is 2.15. The van der Waals surface area contributed by atoms with Crippen LogP contribution in [0.3, 0.4) is 0 Å². The summed E-state index contributed by atoms with van der Waals surface area (Å²) < 4.78 is 5.85. The molecule has 0 aromatic carbocycles. The fourth-order valence-corrected chi connectivity index (χ4v) is 5.20. The molecule has 2 unspecified atom stereocenters. The molecular weight excluding hydrogens is 644 g/mol. The molecule has 0 aromatic rings. The van der Waals surface area contributed by atoms with E-state index >= 15 is 0 Å². The summed E-state index contributed by atoms with van der Waals surface area (Å²) in [5.74, 6) is -2.43. The lowest BCUT2D eigenvalue weighted by atomic mass is 10.1. The molecule has 0 fully saturated rings. The molecule has 51 heavy (non-hydrogen) atoms. The van der Waals surface area contributed by atoms with Crippen LogP contribution in [0.15, 0.2) is 60.8 Å². The van der Waals surface area contributed by atoms with Crippen LogP contribution in [-0.2, 0) is 23.9 Å². The van der Waals surface area contributed by atoms with E-state index in [-0.39, 0.29) is 30.9 Å². The van der Waals surface area contributed by atoms with Crippen LogP contribution in [0, 0.1) is 0 Å². The van der Waals surface area contributed by atoms with Gasteiger partial charge in [-0.3, -0.25) is 14.4 Å². The van der Waals surface area contributed by atoms with Crippen LogP contribution in [-0.4, -0.2) is 59.3 Å². The second kappa shape index (κ2) is 36.3. The molecule has 2 amide bonds. The lowest BCUT2D eigenvalue weighted by molar-refractivity contribution is -0.147. The van der Waals surface area contributed by atoms with E-state index in [1.165, 1.54) is 25.7 Å². The van der Waals surface area contributed by atoms with Crippen LogP contribution in [0.5, 0.6) is 0 Å². The highest BCUT2D eigenvalue weighted by Gasteiger charge is 2.18. The van der Waals surface area contributed by atoms with Crippen molar-refractivity contribution in [2.75, 3.05) is 13.2 Å². The van der Waals surface area contributed by atoms with Crippen LogP contribution in [0.4, 0.5) is 0 Å². The van der Waals surface area contributed by atoms with E-state index in [4.69, 9.17) is 14.9 Å². The van der Waals surface area contributed by atoms with Gasteiger partial charge in [0, 0.05) is 12.8 Å². The molecule has 290 valence electrons. The van der Waals surface area contributed by atoms with Gasteiger partial charge in [-0.15, -0.1) is 0 Å². The third kappa shape index (κ3) is 33.4. The van der Waals surface area contributed by atoms with Gasteiger partial charge in [0.25, 0.3) is 0 Å². The number of amides is 2. The number of carbonyl (C=O) groups is 4. The van der Waals surface area contributed by atoms with Crippen molar-refractivity contribution in [1.29, 1.82) is 0 Å². The number of rotatable bonds is 34. The van der Waals surface area contributed by atoms with Crippen molar-refractivity contribution < 1.29 is 34.1 Å². The van der Waals surface area contributed by atoms with E-state index in [9.17, 15) is 19.2 Å². The summed E-state index contributed by atoms with van der Waals surface area (Å²) in [5.41, 5.74) is 0.